The standard InChI is InChI=1S/C26H25N3O3/c30-24-17-23(21-11-5-2-6-12-21)28-26(32)29(24)18-20-10-7-13-22(16-20)25(31)27-15-14-19-8-3-1-4-9-19/h1-13,16,23H,14-15,17-18H2,(H,27,31)(H,28,32). The van der Waals surface area contributed by atoms with E-state index in [0.29, 0.717) is 12.1 Å². The van der Waals surface area contributed by atoms with Crippen molar-refractivity contribution in [2.24, 2.45) is 0 Å². The Labute approximate surface area is 187 Å². The molecular weight excluding hydrogens is 402 g/mol. The zero-order valence-corrected chi connectivity index (χ0v) is 17.7. The molecule has 3 aromatic rings. The van der Waals surface area contributed by atoms with Gasteiger partial charge in [-0.15, -0.1) is 0 Å². The predicted octanol–water partition coefficient (Wildman–Crippen LogP) is 3.84. The summed E-state index contributed by atoms with van der Waals surface area (Å²) in [5.74, 6) is -0.415. The van der Waals surface area contributed by atoms with E-state index in [-0.39, 0.29) is 30.8 Å². The van der Waals surface area contributed by atoms with E-state index >= 15 is 0 Å². The van der Waals surface area contributed by atoms with Crippen molar-refractivity contribution < 1.29 is 14.4 Å². The second-order valence-corrected chi connectivity index (χ2v) is 7.79. The normalized spacial score (nSPS) is 15.9. The maximum absolute atomic E-state index is 12.7. The van der Waals surface area contributed by atoms with Gasteiger partial charge in [0, 0.05) is 12.1 Å². The first-order chi connectivity index (χ1) is 15.6. The Morgan fingerprint density at radius 2 is 1.59 bits per heavy atom. The molecule has 2 N–H and O–H groups in total. The summed E-state index contributed by atoms with van der Waals surface area (Å²) < 4.78 is 0. The molecule has 1 saturated heterocycles. The SMILES string of the molecule is O=C(NCCc1ccccc1)c1cccc(CN2C(=O)CC(c3ccccc3)NC2=O)c1. The third-order valence-corrected chi connectivity index (χ3v) is 5.50. The van der Waals surface area contributed by atoms with Crippen LogP contribution >= 0.6 is 0 Å². The molecule has 3 aromatic carbocycles. The van der Waals surface area contributed by atoms with Crippen LogP contribution in [-0.2, 0) is 17.8 Å². The van der Waals surface area contributed by atoms with Crippen molar-refractivity contribution in [3.63, 3.8) is 0 Å². The quantitative estimate of drug-likeness (QED) is 0.601. The second kappa shape index (κ2) is 9.92. The van der Waals surface area contributed by atoms with E-state index in [1.807, 2.05) is 66.7 Å². The fourth-order valence-corrected chi connectivity index (χ4v) is 3.78. The number of rotatable bonds is 7. The molecule has 1 heterocycles. The predicted molar refractivity (Wildman–Crippen MR) is 122 cm³/mol. The maximum atomic E-state index is 12.7. The third-order valence-electron chi connectivity index (χ3n) is 5.50. The van der Waals surface area contributed by atoms with Gasteiger partial charge in [0.25, 0.3) is 5.91 Å². The minimum absolute atomic E-state index is 0.122. The van der Waals surface area contributed by atoms with Crippen LogP contribution in [0.2, 0.25) is 0 Å². The maximum Gasteiger partial charge on any atom is 0.324 e. The number of benzene rings is 3. The lowest BCUT2D eigenvalue weighted by Gasteiger charge is -2.31. The first-order valence-corrected chi connectivity index (χ1v) is 10.7. The molecule has 0 bridgehead atoms. The van der Waals surface area contributed by atoms with Crippen LogP contribution in [0.25, 0.3) is 0 Å². The molecule has 0 spiro atoms. The molecule has 0 aromatic heterocycles. The fraction of sp³-hybridized carbons (Fsp3) is 0.192. The molecule has 4 amide bonds. The summed E-state index contributed by atoms with van der Waals surface area (Å²) in [6, 6.07) is 25.7. The average molecular weight is 428 g/mol. The van der Waals surface area contributed by atoms with Gasteiger partial charge in [-0.3, -0.25) is 14.5 Å². The lowest BCUT2D eigenvalue weighted by molar-refractivity contribution is -0.130. The Balaban J connectivity index is 1.35. The van der Waals surface area contributed by atoms with Crippen molar-refractivity contribution >= 4 is 17.8 Å². The molecule has 1 unspecified atom stereocenters. The van der Waals surface area contributed by atoms with E-state index in [4.69, 9.17) is 0 Å². The van der Waals surface area contributed by atoms with Crippen LogP contribution in [0.5, 0.6) is 0 Å². The number of hydrogen-bond acceptors (Lipinski definition) is 3. The molecule has 4 rings (SSSR count). The summed E-state index contributed by atoms with van der Waals surface area (Å²) in [5.41, 5.74) is 3.29. The highest BCUT2D eigenvalue weighted by atomic mass is 16.2. The van der Waals surface area contributed by atoms with Crippen LogP contribution in [0.15, 0.2) is 84.9 Å². The summed E-state index contributed by atoms with van der Waals surface area (Å²) in [7, 11) is 0. The molecule has 6 nitrogen and oxygen atoms in total. The molecule has 0 radical (unpaired) electrons. The van der Waals surface area contributed by atoms with Gasteiger partial charge in [0.05, 0.1) is 19.0 Å². The number of urea groups is 1. The third kappa shape index (κ3) is 5.21. The van der Waals surface area contributed by atoms with E-state index in [1.54, 1.807) is 18.2 Å². The van der Waals surface area contributed by atoms with Crippen LogP contribution in [0.1, 0.15) is 39.5 Å². The number of hydrogen-bond donors (Lipinski definition) is 2. The molecule has 0 aliphatic carbocycles. The van der Waals surface area contributed by atoms with Gasteiger partial charge in [0.2, 0.25) is 5.91 Å². The molecule has 1 fully saturated rings. The molecule has 1 aliphatic heterocycles. The van der Waals surface area contributed by atoms with Crippen molar-refractivity contribution in [3.8, 4) is 0 Å². The Hall–Kier alpha value is -3.93. The van der Waals surface area contributed by atoms with Crippen molar-refractivity contribution in [1.82, 2.24) is 15.5 Å². The largest absolute Gasteiger partial charge is 0.352 e. The van der Waals surface area contributed by atoms with Crippen LogP contribution in [-0.4, -0.2) is 29.3 Å². The van der Waals surface area contributed by atoms with Gasteiger partial charge in [0.1, 0.15) is 0 Å². The van der Waals surface area contributed by atoms with Gasteiger partial charge >= 0.3 is 6.03 Å². The Morgan fingerprint density at radius 3 is 2.31 bits per heavy atom. The molecule has 162 valence electrons. The summed E-state index contributed by atoms with van der Waals surface area (Å²) >= 11 is 0. The number of carbonyl (C=O) groups is 3. The average Bonchev–Trinajstić information content (AvgIpc) is 2.82. The first kappa shape index (κ1) is 21.3. The number of carbonyl (C=O) groups excluding carboxylic acids is 3. The monoisotopic (exact) mass is 427 g/mol. The van der Waals surface area contributed by atoms with Crippen LogP contribution < -0.4 is 10.6 Å². The highest BCUT2D eigenvalue weighted by Gasteiger charge is 2.32. The Bertz CT molecular complexity index is 1080. The minimum Gasteiger partial charge on any atom is -0.352 e. The topological polar surface area (TPSA) is 78.5 Å². The molecule has 1 aliphatic rings. The molecule has 32 heavy (non-hydrogen) atoms. The lowest BCUT2D eigenvalue weighted by atomic mass is 10.0. The summed E-state index contributed by atoms with van der Waals surface area (Å²) in [5, 5.41) is 5.82. The van der Waals surface area contributed by atoms with E-state index in [9.17, 15) is 14.4 Å². The minimum atomic E-state index is -0.423. The summed E-state index contributed by atoms with van der Waals surface area (Å²) in [6.07, 6.45) is 0.951. The van der Waals surface area contributed by atoms with Crippen molar-refractivity contribution in [3.05, 3.63) is 107 Å². The van der Waals surface area contributed by atoms with Gasteiger partial charge in [-0.2, -0.15) is 0 Å². The van der Waals surface area contributed by atoms with Gasteiger partial charge in [0.15, 0.2) is 0 Å². The van der Waals surface area contributed by atoms with Gasteiger partial charge in [-0.25, -0.2) is 4.79 Å². The van der Waals surface area contributed by atoms with E-state index in [2.05, 4.69) is 10.6 Å². The molecule has 6 heteroatoms. The number of amides is 4. The molecule has 0 saturated carbocycles. The highest BCUT2D eigenvalue weighted by molar-refractivity contribution is 5.97. The zero-order valence-electron chi connectivity index (χ0n) is 17.7. The molecule has 1 atom stereocenters. The Morgan fingerprint density at radius 1 is 0.906 bits per heavy atom. The van der Waals surface area contributed by atoms with E-state index < -0.39 is 6.03 Å². The highest BCUT2D eigenvalue weighted by Crippen LogP contribution is 2.23. The number of nitrogens with zero attached hydrogens (tertiary/aromatic N) is 1. The lowest BCUT2D eigenvalue weighted by Crippen LogP contribution is -2.50. The second-order valence-electron chi connectivity index (χ2n) is 7.79. The zero-order chi connectivity index (χ0) is 22.3. The summed E-state index contributed by atoms with van der Waals surface area (Å²) in [4.78, 5) is 39.0. The van der Waals surface area contributed by atoms with Crippen molar-refractivity contribution in [2.75, 3.05) is 6.54 Å². The van der Waals surface area contributed by atoms with E-state index in [0.717, 1.165) is 23.1 Å². The van der Waals surface area contributed by atoms with Gasteiger partial charge in [-0.05, 0) is 35.2 Å². The van der Waals surface area contributed by atoms with E-state index in [1.165, 1.54) is 4.90 Å². The van der Waals surface area contributed by atoms with Crippen LogP contribution in [0, 0.1) is 0 Å². The van der Waals surface area contributed by atoms with Gasteiger partial charge < -0.3 is 10.6 Å². The first-order valence-electron chi connectivity index (χ1n) is 10.7. The van der Waals surface area contributed by atoms with Gasteiger partial charge in [-0.1, -0.05) is 72.8 Å². The van der Waals surface area contributed by atoms with Crippen molar-refractivity contribution in [2.45, 2.75) is 25.4 Å². The number of nitrogens with one attached hydrogen (secondary N) is 2. The smallest absolute Gasteiger partial charge is 0.324 e. The van der Waals surface area contributed by atoms with Crippen LogP contribution in [0.3, 0.4) is 0 Å². The summed E-state index contributed by atoms with van der Waals surface area (Å²) in [6.45, 7) is 0.651. The number of imide groups is 1. The van der Waals surface area contributed by atoms with Crippen molar-refractivity contribution in [1.29, 1.82) is 0 Å². The fourth-order valence-electron chi connectivity index (χ4n) is 3.78. The van der Waals surface area contributed by atoms with Crippen LogP contribution in [0.4, 0.5) is 4.79 Å². The Kier molecular flexibility index (Phi) is 6.60. The molecular formula is C26H25N3O3.